The van der Waals surface area contributed by atoms with Crippen molar-refractivity contribution in [2.75, 3.05) is 25.0 Å². The van der Waals surface area contributed by atoms with Crippen molar-refractivity contribution >= 4 is 17.6 Å². The molecule has 0 saturated carbocycles. The van der Waals surface area contributed by atoms with Crippen LogP contribution in [0.5, 0.6) is 0 Å². The van der Waals surface area contributed by atoms with Crippen LogP contribution in [0.2, 0.25) is 0 Å². The summed E-state index contributed by atoms with van der Waals surface area (Å²) in [5.74, 6) is -1.17. The van der Waals surface area contributed by atoms with E-state index in [2.05, 4.69) is 17.4 Å². The predicted molar refractivity (Wildman–Crippen MR) is 83.9 cm³/mol. The van der Waals surface area contributed by atoms with Crippen molar-refractivity contribution in [2.45, 2.75) is 32.1 Å². The van der Waals surface area contributed by atoms with Gasteiger partial charge in [0.1, 0.15) is 0 Å². The molecule has 1 aromatic carbocycles. The second-order valence-electron chi connectivity index (χ2n) is 6.30. The summed E-state index contributed by atoms with van der Waals surface area (Å²) in [6.45, 7) is 1.52. The second-order valence-corrected chi connectivity index (χ2v) is 6.30. The van der Waals surface area contributed by atoms with Gasteiger partial charge < -0.3 is 10.4 Å². The van der Waals surface area contributed by atoms with Crippen LogP contribution in [0, 0.1) is 5.92 Å². The molecule has 1 aromatic rings. The first-order chi connectivity index (χ1) is 10.6. The molecule has 0 radical (unpaired) electrons. The summed E-state index contributed by atoms with van der Waals surface area (Å²) in [4.78, 5) is 25.2. The largest absolute Gasteiger partial charge is 0.481 e. The molecule has 1 aliphatic carbocycles. The van der Waals surface area contributed by atoms with Gasteiger partial charge in [0.25, 0.3) is 0 Å². The van der Waals surface area contributed by atoms with Crippen molar-refractivity contribution in [1.29, 1.82) is 0 Å². The molecule has 1 amide bonds. The van der Waals surface area contributed by atoms with Gasteiger partial charge in [-0.25, -0.2) is 0 Å². The van der Waals surface area contributed by atoms with Crippen LogP contribution in [0.1, 0.15) is 30.4 Å². The highest BCUT2D eigenvalue weighted by Crippen LogP contribution is 2.25. The Hall–Kier alpha value is -1.88. The number of likely N-dealkylation sites (tertiary alicyclic amines) is 1. The maximum atomic E-state index is 12.2. The third-order valence-electron chi connectivity index (χ3n) is 4.60. The van der Waals surface area contributed by atoms with Crippen LogP contribution in [0.25, 0.3) is 0 Å². The highest BCUT2D eigenvalue weighted by molar-refractivity contribution is 5.92. The molecule has 1 aliphatic heterocycles. The lowest BCUT2D eigenvalue weighted by atomic mass is 9.98. The molecule has 2 N–H and O–H groups in total. The molecule has 1 fully saturated rings. The number of carboxylic acid groups (broad SMARTS) is 1. The number of carbonyl (C=O) groups excluding carboxylic acids is 1. The van der Waals surface area contributed by atoms with Gasteiger partial charge in [-0.05, 0) is 61.9 Å². The smallest absolute Gasteiger partial charge is 0.307 e. The number of carbonyl (C=O) groups is 2. The number of piperidine rings is 1. The Morgan fingerprint density at radius 1 is 1.23 bits per heavy atom. The number of amides is 1. The topological polar surface area (TPSA) is 69.6 Å². The number of aryl methyl sites for hydroxylation is 2. The van der Waals surface area contributed by atoms with Crippen molar-refractivity contribution in [1.82, 2.24) is 4.90 Å². The van der Waals surface area contributed by atoms with E-state index in [4.69, 9.17) is 5.11 Å². The van der Waals surface area contributed by atoms with E-state index in [9.17, 15) is 9.59 Å². The zero-order valence-corrected chi connectivity index (χ0v) is 12.7. The fraction of sp³-hybridized carbons (Fsp3) is 0.529. The summed E-state index contributed by atoms with van der Waals surface area (Å²) >= 11 is 0. The van der Waals surface area contributed by atoms with Gasteiger partial charge >= 0.3 is 5.97 Å². The molecule has 1 heterocycles. The van der Waals surface area contributed by atoms with Gasteiger partial charge in [-0.1, -0.05) is 6.07 Å². The van der Waals surface area contributed by atoms with E-state index in [1.165, 1.54) is 17.5 Å². The number of carboxylic acids is 1. The standard InChI is InChI=1S/C17H22N2O3/c20-16(11-19-8-2-5-14(10-19)17(21)22)18-15-7-6-12-3-1-4-13(12)9-15/h6-7,9,14H,1-5,8,10-11H2,(H,18,20)(H,21,22). The normalized spacial score (nSPS) is 21.4. The molecular weight excluding hydrogens is 280 g/mol. The van der Waals surface area contributed by atoms with Gasteiger partial charge in [0.2, 0.25) is 5.91 Å². The van der Waals surface area contributed by atoms with Crippen LogP contribution in [0.15, 0.2) is 18.2 Å². The van der Waals surface area contributed by atoms with Crippen LogP contribution >= 0.6 is 0 Å². The van der Waals surface area contributed by atoms with Crippen LogP contribution in [0.3, 0.4) is 0 Å². The lowest BCUT2D eigenvalue weighted by Crippen LogP contribution is -2.42. The second kappa shape index (κ2) is 6.48. The average Bonchev–Trinajstić information content (AvgIpc) is 2.95. The molecule has 22 heavy (non-hydrogen) atoms. The highest BCUT2D eigenvalue weighted by Gasteiger charge is 2.26. The molecule has 0 bridgehead atoms. The Balaban J connectivity index is 1.55. The SMILES string of the molecule is O=C(CN1CCCC(C(=O)O)C1)Nc1ccc2c(c1)CCC2. The van der Waals surface area contributed by atoms with E-state index >= 15 is 0 Å². The number of aliphatic carboxylic acids is 1. The van der Waals surface area contributed by atoms with Crippen LogP contribution in [-0.4, -0.2) is 41.5 Å². The maximum absolute atomic E-state index is 12.2. The van der Waals surface area contributed by atoms with Crippen molar-refractivity contribution < 1.29 is 14.7 Å². The van der Waals surface area contributed by atoms with Gasteiger partial charge in [-0.15, -0.1) is 0 Å². The number of anilines is 1. The number of rotatable bonds is 4. The average molecular weight is 302 g/mol. The Kier molecular flexibility index (Phi) is 4.43. The molecule has 0 aromatic heterocycles. The molecule has 1 unspecified atom stereocenters. The van der Waals surface area contributed by atoms with Gasteiger partial charge in [0, 0.05) is 12.2 Å². The summed E-state index contributed by atoms with van der Waals surface area (Å²) in [5, 5.41) is 12.0. The summed E-state index contributed by atoms with van der Waals surface area (Å²) < 4.78 is 0. The number of hydrogen-bond donors (Lipinski definition) is 2. The Morgan fingerprint density at radius 2 is 2.05 bits per heavy atom. The quantitative estimate of drug-likeness (QED) is 0.891. The molecule has 2 aliphatic rings. The minimum absolute atomic E-state index is 0.0658. The van der Waals surface area contributed by atoms with E-state index in [0.29, 0.717) is 13.0 Å². The minimum Gasteiger partial charge on any atom is -0.481 e. The van der Waals surface area contributed by atoms with Crippen molar-refractivity contribution in [3.8, 4) is 0 Å². The number of hydrogen-bond acceptors (Lipinski definition) is 3. The van der Waals surface area contributed by atoms with Crippen molar-refractivity contribution in [3.63, 3.8) is 0 Å². The van der Waals surface area contributed by atoms with Gasteiger partial charge in [-0.2, -0.15) is 0 Å². The van der Waals surface area contributed by atoms with Gasteiger partial charge in [0.05, 0.1) is 12.5 Å². The zero-order chi connectivity index (χ0) is 15.5. The third kappa shape index (κ3) is 3.47. The first kappa shape index (κ1) is 15.0. The predicted octanol–water partition coefficient (Wildman–Crippen LogP) is 1.91. The molecule has 118 valence electrons. The minimum atomic E-state index is -0.760. The van der Waals surface area contributed by atoms with E-state index in [1.54, 1.807) is 0 Å². The van der Waals surface area contributed by atoms with E-state index in [0.717, 1.165) is 31.5 Å². The first-order valence-electron chi connectivity index (χ1n) is 7.98. The number of nitrogens with one attached hydrogen (secondary N) is 1. The van der Waals surface area contributed by atoms with Crippen molar-refractivity contribution in [3.05, 3.63) is 29.3 Å². The fourth-order valence-corrected chi connectivity index (χ4v) is 3.45. The van der Waals surface area contributed by atoms with E-state index in [1.807, 2.05) is 11.0 Å². The van der Waals surface area contributed by atoms with Crippen LogP contribution in [0.4, 0.5) is 5.69 Å². The number of fused-ring (bicyclic) bond motifs is 1. The molecule has 5 heteroatoms. The molecule has 3 rings (SSSR count). The highest BCUT2D eigenvalue weighted by atomic mass is 16.4. The van der Waals surface area contributed by atoms with E-state index < -0.39 is 5.97 Å². The summed E-state index contributed by atoms with van der Waals surface area (Å²) in [5.41, 5.74) is 3.57. The van der Waals surface area contributed by atoms with Gasteiger partial charge in [0.15, 0.2) is 0 Å². The van der Waals surface area contributed by atoms with Crippen LogP contribution < -0.4 is 5.32 Å². The lowest BCUT2D eigenvalue weighted by molar-refractivity contribution is -0.144. The molecule has 5 nitrogen and oxygen atoms in total. The Labute approximate surface area is 130 Å². The lowest BCUT2D eigenvalue weighted by Gasteiger charge is -2.29. The number of nitrogens with zero attached hydrogens (tertiary/aromatic N) is 1. The molecule has 1 atom stereocenters. The van der Waals surface area contributed by atoms with Crippen LogP contribution in [-0.2, 0) is 22.4 Å². The Morgan fingerprint density at radius 3 is 2.86 bits per heavy atom. The Bertz CT molecular complexity index is 585. The molecule has 1 saturated heterocycles. The van der Waals surface area contributed by atoms with E-state index in [-0.39, 0.29) is 18.4 Å². The van der Waals surface area contributed by atoms with Crippen molar-refractivity contribution in [2.24, 2.45) is 5.92 Å². The third-order valence-corrected chi connectivity index (χ3v) is 4.60. The number of benzene rings is 1. The summed E-state index contributed by atoms with van der Waals surface area (Å²) in [6, 6.07) is 6.12. The fourth-order valence-electron chi connectivity index (χ4n) is 3.45. The summed E-state index contributed by atoms with van der Waals surface area (Å²) in [7, 11) is 0. The zero-order valence-electron chi connectivity index (χ0n) is 12.7. The van der Waals surface area contributed by atoms with Gasteiger partial charge in [-0.3, -0.25) is 14.5 Å². The molecule has 0 spiro atoms. The molecular formula is C17H22N2O3. The monoisotopic (exact) mass is 302 g/mol. The summed E-state index contributed by atoms with van der Waals surface area (Å²) in [6.07, 6.45) is 4.96. The first-order valence-corrected chi connectivity index (χ1v) is 7.98. The maximum Gasteiger partial charge on any atom is 0.307 e.